The Bertz CT molecular complexity index is 1040. The molecule has 0 unspecified atom stereocenters. The van der Waals surface area contributed by atoms with E-state index in [0.717, 1.165) is 11.1 Å². The van der Waals surface area contributed by atoms with Gasteiger partial charge in [-0.3, -0.25) is 4.79 Å². The van der Waals surface area contributed by atoms with Gasteiger partial charge in [-0.15, -0.1) is 0 Å². The number of rotatable bonds is 4. The summed E-state index contributed by atoms with van der Waals surface area (Å²) >= 11 is 0. The van der Waals surface area contributed by atoms with Crippen LogP contribution in [0.3, 0.4) is 0 Å². The van der Waals surface area contributed by atoms with Gasteiger partial charge in [0.25, 0.3) is 0 Å². The molecule has 4 rings (SSSR count). The van der Waals surface area contributed by atoms with Gasteiger partial charge < -0.3 is 4.74 Å². The topological polar surface area (TPSA) is 43.4 Å². The molecule has 0 aromatic heterocycles. The zero-order chi connectivity index (χ0) is 18.8. The number of esters is 1. The van der Waals surface area contributed by atoms with Crippen LogP contribution in [0.1, 0.15) is 37.4 Å². The summed E-state index contributed by atoms with van der Waals surface area (Å²) in [4.78, 5) is 25.6. The Morgan fingerprint density at radius 2 is 1.44 bits per heavy atom. The highest BCUT2D eigenvalue weighted by molar-refractivity contribution is 6.16. The van der Waals surface area contributed by atoms with Gasteiger partial charge >= 0.3 is 5.97 Å². The smallest absolute Gasteiger partial charge is 0.344 e. The molecule has 0 aliphatic carbocycles. The van der Waals surface area contributed by atoms with Gasteiger partial charge in [0.05, 0.1) is 5.56 Å². The predicted molar refractivity (Wildman–Crippen MR) is 104 cm³/mol. The zero-order valence-electron chi connectivity index (χ0n) is 14.9. The van der Waals surface area contributed by atoms with Gasteiger partial charge in [0, 0.05) is 23.1 Å². The Labute approximate surface area is 157 Å². The largest absolute Gasteiger partial charge is 0.422 e. The second-order valence-electron chi connectivity index (χ2n) is 6.60. The minimum absolute atomic E-state index is 0.127. The minimum Gasteiger partial charge on any atom is -0.422 e. The van der Waals surface area contributed by atoms with Crippen LogP contribution in [-0.2, 0) is 11.2 Å². The van der Waals surface area contributed by atoms with Crippen LogP contribution in [0.4, 0.5) is 0 Å². The monoisotopic (exact) mass is 354 g/mol. The molecule has 0 bridgehead atoms. The molecule has 27 heavy (non-hydrogen) atoms. The molecule has 0 atom stereocenters. The maximum Gasteiger partial charge on any atom is 0.344 e. The maximum absolute atomic E-state index is 13.3. The maximum atomic E-state index is 13.3. The molecule has 3 aromatic carbocycles. The standard InChI is InChI=1S/C24H18O3/c1-16-11-13-18(14-12-16)22(25)21(15-17-7-3-2-4-8-17)23-19-9-5-6-10-20(19)24(26)27-23/h2-14H,15H2,1H3/b23-21-. The van der Waals surface area contributed by atoms with Crippen LogP contribution in [0.5, 0.6) is 0 Å². The van der Waals surface area contributed by atoms with E-state index in [9.17, 15) is 9.59 Å². The molecule has 1 heterocycles. The minimum atomic E-state index is -0.414. The van der Waals surface area contributed by atoms with E-state index in [-0.39, 0.29) is 5.78 Å². The summed E-state index contributed by atoms with van der Waals surface area (Å²) in [7, 11) is 0. The van der Waals surface area contributed by atoms with Crippen molar-refractivity contribution in [3.8, 4) is 0 Å². The molecule has 0 saturated carbocycles. The van der Waals surface area contributed by atoms with E-state index in [1.807, 2.05) is 73.7 Å². The summed E-state index contributed by atoms with van der Waals surface area (Å²) in [5.74, 6) is -0.175. The molecule has 0 amide bonds. The molecule has 3 nitrogen and oxygen atoms in total. The van der Waals surface area contributed by atoms with Crippen LogP contribution < -0.4 is 0 Å². The second kappa shape index (κ2) is 7.04. The first-order valence-corrected chi connectivity index (χ1v) is 8.83. The fourth-order valence-corrected chi connectivity index (χ4v) is 3.23. The highest BCUT2D eigenvalue weighted by Crippen LogP contribution is 2.34. The Hall–Kier alpha value is -3.46. The van der Waals surface area contributed by atoms with Crippen molar-refractivity contribution < 1.29 is 14.3 Å². The molecule has 132 valence electrons. The van der Waals surface area contributed by atoms with Gasteiger partial charge in [-0.2, -0.15) is 0 Å². The van der Waals surface area contributed by atoms with Gasteiger partial charge in [0.15, 0.2) is 5.78 Å². The van der Waals surface area contributed by atoms with Crippen molar-refractivity contribution in [3.63, 3.8) is 0 Å². The molecular formula is C24H18O3. The van der Waals surface area contributed by atoms with Crippen LogP contribution in [0.25, 0.3) is 5.76 Å². The first kappa shape index (κ1) is 17.0. The summed E-state index contributed by atoms with van der Waals surface area (Å²) in [6, 6.07) is 24.4. The molecule has 1 aliphatic heterocycles. The Morgan fingerprint density at radius 1 is 0.815 bits per heavy atom. The lowest BCUT2D eigenvalue weighted by molar-refractivity contribution is 0.0714. The number of aryl methyl sites for hydroxylation is 1. The average molecular weight is 354 g/mol. The summed E-state index contributed by atoms with van der Waals surface area (Å²) in [5.41, 5.74) is 4.31. The number of benzene rings is 3. The van der Waals surface area contributed by atoms with E-state index < -0.39 is 5.97 Å². The lowest BCUT2D eigenvalue weighted by atomic mass is 9.93. The summed E-state index contributed by atoms with van der Waals surface area (Å²) in [5, 5.41) is 0. The molecule has 0 fully saturated rings. The van der Waals surface area contributed by atoms with Gasteiger partial charge in [-0.05, 0) is 18.6 Å². The van der Waals surface area contributed by atoms with Gasteiger partial charge in [0.2, 0.25) is 0 Å². The predicted octanol–water partition coefficient (Wildman–Crippen LogP) is 5.00. The van der Waals surface area contributed by atoms with Crippen molar-refractivity contribution in [1.29, 1.82) is 0 Å². The lowest BCUT2D eigenvalue weighted by Crippen LogP contribution is -2.10. The van der Waals surface area contributed by atoms with E-state index in [4.69, 9.17) is 4.74 Å². The van der Waals surface area contributed by atoms with Crippen LogP contribution >= 0.6 is 0 Å². The summed E-state index contributed by atoms with van der Waals surface area (Å²) in [6.07, 6.45) is 0.393. The van der Waals surface area contributed by atoms with Crippen LogP contribution in [0, 0.1) is 6.92 Å². The second-order valence-corrected chi connectivity index (χ2v) is 6.60. The van der Waals surface area contributed by atoms with E-state index in [0.29, 0.717) is 34.4 Å². The fourth-order valence-electron chi connectivity index (χ4n) is 3.23. The van der Waals surface area contributed by atoms with Crippen molar-refractivity contribution in [1.82, 2.24) is 0 Å². The number of fused-ring (bicyclic) bond motifs is 1. The van der Waals surface area contributed by atoms with Crippen LogP contribution in [0.15, 0.2) is 84.4 Å². The molecular weight excluding hydrogens is 336 g/mol. The number of hydrogen-bond donors (Lipinski definition) is 0. The van der Waals surface area contributed by atoms with Crippen molar-refractivity contribution in [2.45, 2.75) is 13.3 Å². The SMILES string of the molecule is Cc1ccc(C(=O)/C(Cc2ccccc2)=C2\OC(=O)c3ccccc32)cc1. The van der Waals surface area contributed by atoms with E-state index in [1.54, 1.807) is 12.1 Å². The van der Waals surface area contributed by atoms with Crippen molar-refractivity contribution in [2.75, 3.05) is 0 Å². The number of carbonyl (C=O) groups excluding carboxylic acids is 2. The first-order valence-electron chi connectivity index (χ1n) is 8.83. The Morgan fingerprint density at radius 3 is 2.15 bits per heavy atom. The number of hydrogen-bond acceptors (Lipinski definition) is 3. The highest BCUT2D eigenvalue weighted by atomic mass is 16.5. The first-order chi connectivity index (χ1) is 13.1. The normalized spacial score (nSPS) is 14.5. The fraction of sp³-hybridized carbons (Fsp3) is 0.0833. The quantitative estimate of drug-likeness (QED) is 0.376. The van der Waals surface area contributed by atoms with Crippen molar-refractivity contribution >= 4 is 17.5 Å². The molecule has 3 heteroatoms. The molecule has 0 spiro atoms. The molecule has 3 aromatic rings. The van der Waals surface area contributed by atoms with E-state index in [2.05, 4.69) is 0 Å². The van der Waals surface area contributed by atoms with E-state index >= 15 is 0 Å². The number of cyclic esters (lactones) is 1. The third-order valence-corrected chi connectivity index (χ3v) is 4.67. The third kappa shape index (κ3) is 3.32. The van der Waals surface area contributed by atoms with Crippen LogP contribution in [-0.4, -0.2) is 11.8 Å². The van der Waals surface area contributed by atoms with Crippen molar-refractivity contribution in [3.05, 3.63) is 112 Å². The number of allylic oxidation sites excluding steroid dienone is 1. The molecule has 1 aliphatic rings. The lowest BCUT2D eigenvalue weighted by Gasteiger charge is -2.11. The zero-order valence-corrected chi connectivity index (χ0v) is 14.9. The molecule has 0 saturated heterocycles. The third-order valence-electron chi connectivity index (χ3n) is 4.67. The Balaban J connectivity index is 1.85. The highest BCUT2D eigenvalue weighted by Gasteiger charge is 2.31. The molecule has 0 radical (unpaired) electrons. The van der Waals surface area contributed by atoms with E-state index in [1.165, 1.54) is 0 Å². The summed E-state index contributed by atoms with van der Waals surface area (Å²) in [6.45, 7) is 1.98. The average Bonchev–Trinajstić information content (AvgIpc) is 3.04. The number of ether oxygens (including phenoxy) is 1. The van der Waals surface area contributed by atoms with Gasteiger partial charge in [0.1, 0.15) is 5.76 Å². The van der Waals surface area contributed by atoms with Gasteiger partial charge in [-0.25, -0.2) is 4.79 Å². The van der Waals surface area contributed by atoms with Gasteiger partial charge in [-0.1, -0.05) is 78.4 Å². The number of carbonyl (C=O) groups is 2. The summed E-state index contributed by atoms with van der Waals surface area (Å²) < 4.78 is 5.55. The van der Waals surface area contributed by atoms with Crippen molar-refractivity contribution in [2.24, 2.45) is 0 Å². The number of Topliss-reactive ketones (excluding diaryl/α,β-unsaturated/α-hetero) is 1. The van der Waals surface area contributed by atoms with Crippen LogP contribution in [0.2, 0.25) is 0 Å². The number of ketones is 1. The Kier molecular flexibility index (Phi) is 4.43. The molecule has 0 N–H and O–H groups in total.